The minimum Gasteiger partial charge on any atom is -0.320 e. The Hall–Kier alpha value is -3.76. The zero-order valence-corrected chi connectivity index (χ0v) is 19.2. The lowest BCUT2D eigenvalue weighted by Gasteiger charge is -2.14. The summed E-state index contributed by atoms with van der Waals surface area (Å²) >= 11 is 6.76. The molecule has 0 saturated heterocycles. The number of hydrogen-bond donors (Lipinski definition) is 1. The number of aryl methyl sites for hydroxylation is 1. The molecule has 0 saturated carbocycles. The van der Waals surface area contributed by atoms with Crippen LogP contribution in [0.15, 0.2) is 70.6 Å². The Morgan fingerprint density at radius 2 is 1.97 bits per heavy atom. The Balaban J connectivity index is 1.68. The second-order valence-corrected chi connectivity index (χ2v) is 8.62. The molecular formula is C23H16ClFN4O4S. The van der Waals surface area contributed by atoms with E-state index in [2.05, 4.69) is 10.3 Å². The number of benzene rings is 3. The summed E-state index contributed by atoms with van der Waals surface area (Å²) in [4.78, 5) is 40.9. The zero-order valence-electron chi connectivity index (χ0n) is 17.6. The number of anilines is 1. The molecule has 3 aromatic carbocycles. The zero-order chi connectivity index (χ0) is 24.4. The van der Waals surface area contributed by atoms with Crippen LogP contribution < -0.4 is 10.9 Å². The molecule has 0 radical (unpaired) electrons. The first-order valence-electron chi connectivity index (χ1n) is 9.89. The summed E-state index contributed by atoms with van der Waals surface area (Å²) in [6.45, 7) is 1.61. The van der Waals surface area contributed by atoms with Gasteiger partial charge in [-0.25, -0.2) is 9.37 Å². The molecule has 4 rings (SSSR count). The maximum atomic E-state index is 14.3. The van der Waals surface area contributed by atoms with Gasteiger partial charge in [0.05, 0.1) is 27.3 Å². The second kappa shape index (κ2) is 9.62. The standard InChI is InChI=1S/C23H16ClFN4O4S/c1-13-6-8-15(11-17(13)25)28-22(31)16-4-2-3-5-18(16)27-23(28)34-12-21(30)26-19-9-7-14(24)10-20(19)29(32)33/h2-11H,12H2,1H3,(H,26,30). The van der Waals surface area contributed by atoms with Gasteiger partial charge in [-0.2, -0.15) is 0 Å². The van der Waals surface area contributed by atoms with Crippen molar-refractivity contribution in [1.82, 2.24) is 9.55 Å². The third-order valence-corrected chi connectivity index (χ3v) is 6.10. The van der Waals surface area contributed by atoms with E-state index in [0.717, 1.165) is 17.8 Å². The smallest absolute Gasteiger partial charge is 0.294 e. The number of para-hydroxylation sites is 1. The van der Waals surface area contributed by atoms with E-state index in [1.165, 1.54) is 22.8 Å². The molecule has 0 aliphatic heterocycles. The van der Waals surface area contributed by atoms with E-state index in [9.17, 15) is 24.1 Å². The lowest BCUT2D eigenvalue weighted by molar-refractivity contribution is -0.383. The number of rotatable bonds is 6. The van der Waals surface area contributed by atoms with Gasteiger partial charge in [0, 0.05) is 11.1 Å². The molecule has 8 nitrogen and oxygen atoms in total. The number of carbonyl (C=O) groups excluding carboxylic acids is 1. The Labute approximate surface area is 201 Å². The molecule has 0 aliphatic rings. The van der Waals surface area contributed by atoms with Crippen molar-refractivity contribution in [3.63, 3.8) is 0 Å². The van der Waals surface area contributed by atoms with Crippen LogP contribution in [0.5, 0.6) is 0 Å². The van der Waals surface area contributed by atoms with E-state index in [4.69, 9.17) is 11.6 Å². The predicted molar refractivity (Wildman–Crippen MR) is 129 cm³/mol. The van der Waals surface area contributed by atoms with Gasteiger partial charge >= 0.3 is 0 Å². The SMILES string of the molecule is Cc1ccc(-n2c(SCC(=O)Nc3ccc(Cl)cc3[N+](=O)[O-])nc3ccccc3c2=O)cc1F. The molecule has 0 atom stereocenters. The van der Waals surface area contributed by atoms with Gasteiger partial charge in [-0.3, -0.25) is 24.3 Å². The first-order valence-corrected chi connectivity index (χ1v) is 11.3. The fourth-order valence-electron chi connectivity index (χ4n) is 3.24. The number of amides is 1. The Morgan fingerprint density at radius 3 is 2.71 bits per heavy atom. The predicted octanol–water partition coefficient (Wildman–Crippen LogP) is 5.13. The van der Waals surface area contributed by atoms with Crippen LogP contribution in [0.1, 0.15) is 5.56 Å². The lowest BCUT2D eigenvalue weighted by Crippen LogP contribution is -2.23. The highest BCUT2D eigenvalue weighted by molar-refractivity contribution is 7.99. The molecule has 172 valence electrons. The van der Waals surface area contributed by atoms with Gasteiger partial charge in [-0.05, 0) is 48.9 Å². The van der Waals surface area contributed by atoms with E-state index in [1.807, 2.05) is 0 Å². The molecular weight excluding hydrogens is 483 g/mol. The number of halogens is 2. The average molecular weight is 499 g/mol. The van der Waals surface area contributed by atoms with E-state index in [1.54, 1.807) is 43.3 Å². The summed E-state index contributed by atoms with van der Waals surface area (Å²) in [6.07, 6.45) is 0. The van der Waals surface area contributed by atoms with Crippen molar-refractivity contribution in [3.05, 3.63) is 97.5 Å². The van der Waals surface area contributed by atoms with Crippen LogP contribution in [0.4, 0.5) is 15.8 Å². The van der Waals surface area contributed by atoms with Crippen molar-refractivity contribution in [1.29, 1.82) is 0 Å². The minimum atomic E-state index is -0.650. The first kappa shape index (κ1) is 23.4. The van der Waals surface area contributed by atoms with Crippen molar-refractivity contribution < 1.29 is 14.1 Å². The van der Waals surface area contributed by atoms with Crippen LogP contribution >= 0.6 is 23.4 Å². The topological polar surface area (TPSA) is 107 Å². The van der Waals surface area contributed by atoms with E-state index < -0.39 is 22.2 Å². The van der Waals surface area contributed by atoms with Crippen LogP contribution in [0.3, 0.4) is 0 Å². The van der Waals surface area contributed by atoms with Crippen molar-refractivity contribution >= 4 is 51.5 Å². The van der Waals surface area contributed by atoms with Crippen LogP contribution in [-0.2, 0) is 4.79 Å². The molecule has 0 unspecified atom stereocenters. The number of fused-ring (bicyclic) bond motifs is 1. The summed E-state index contributed by atoms with van der Waals surface area (Å²) in [6, 6.07) is 15.0. The van der Waals surface area contributed by atoms with Crippen LogP contribution in [0, 0.1) is 22.9 Å². The third kappa shape index (κ3) is 4.78. The number of nitro groups is 1. The van der Waals surface area contributed by atoms with Crippen LogP contribution in [0.2, 0.25) is 5.02 Å². The van der Waals surface area contributed by atoms with Gasteiger partial charge in [0.25, 0.3) is 11.2 Å². The van der Waals surface area contributed by atoms with E-state index in [0.29, 0.717) is 16.5 Å². The number of carbonyl (C=O) groups is 1. The third-order valence-electron chi connectivity index (χ3n) is 4.92. The number of thioether (sulfide) groups is 1. The minimum absolute atomic E-state index is 0.00975. The maximum Gasteiger partial charge on any atom is 0.294 e. The largest absolute Gasteiger partial charge is 0.320 e. The van der Waals surface area contributed by atoms with Gasteiger partial charge in [-0.1, -0.05) is 41.6 Å². The van der Waals surface area contributed by atoms with Crippen molar-refractivity contribution in [2.24, 2.45) is 0 Å². The summed E-state index contributed by atoms with van der Waals surface area (Å²) in [5.41, 5.74) is 0.343. The summed E-state index contributed by atoms with van der Waals surface area (Å²) in [5.74, 6) is -1.25. The molecule has 4 aromatic rings. The quantitative estimate of drug-likeness (QED) is 0.171. The number of nitrogens with zero attached hydrogens (tertiary/aromatic N) is 3. The summed E-state index contributed by atoms with van der Waals surface area (Å²) in [7, 11) is 0. The van der Waals surface area contributed by atoms with Gasteiger partial charge in [0.15, 0.2) is 5.16 Å². The molecule has 0 fully saturated rings. The lowest BCUT2D eigenvalue weighted by atomic mass is 10.2. The van der Waals surface area contributed by atoms with Crippen molar-refractivity contribution in [2.45, 2.75) is 12.1 Å². The van der Waals surface area contributed by atoms with Crippen molar-refractivity contribution in [3.8, 4) is 5.69 Å². The number of nitrogens with one attached hydrogen (secondary N) is 1. The molecule has 1 amide bonds. The Morgan fingerprint density at radius 1 is 1.21 bits per heavy atom. The highest BCUT2D eigenvalue weighted by Crippen LogP contribution is 2.28. The monoisotopic (exact) mass is 498 g/mol. The number of nitro benzene ring substituents is 1. The molecule has 1 aromatic heterocycles. The molecule has 1 heterocycles. The molecule has 1 N–H and O–H groups in total. The Bertz CT molecular complexity index is 1510. The molecule has 34 heavy (non-hydrogen) atoms. The molecule has 0 aliphatic carbocycles. The van der Waals surface area contributed by atoms with Gasteiger partial charge in [0.1, 0.15) is 11.5 Å². The fraction of sp³-hybridized carbons (Fsp3) is 0.0870. The summed E-state index contributed by atoms with van der Waals surface area (Å²) in [5, 5.41) is 14.4. The number of aromatic nitrogens is 2. The second-order valence-electron chi connectivity index (χ2n) is 7.24. The van der Waals surface area contributed by atoms with Crippen LogP contribution in [0.25, 0.3) is 16.6 Å². The molecule has 11 heteroatoms. The maximum absolute atomic E-state index is 14.3. The van der Waals surface area contributed by atoms with Crippen molar-refractivity contribution in [2.75, 3.05) is 11.1 Å². The Kier molecular flexibility index (Phi) is 6.62. The normalized spacial score (nSPS) is 10.9. The van der Waals surface area contributed by atoms with E-state index in [-0.39, 0.29) is 33.0 Å². The van der Waals surface area contributed by atoms with Gasteiger partial charge in [-0.15, -0.1) is 0 Å². The highest BCUT2D eigenvalue weighted by atomic mass is 35.5. The van der Waals surface area contributed by atoms with E-state index >= 15 is 0 Å². The highest BCUT2D eigenvalue weighted by Gasteiger charge is 2.19. The summed E-state index contributed by atoms with van der Waals surface area (Å²) < 4.78 is 15.5. The van der Waals surface area contributed by atoms with Crippen LogP contribution in [-0.4, -0.2) is 26.1 Å². The fourth-order valence-corrected chi connectivity index (χ4v) is 4.21. The van der Waals surface area contributed by atoms with Gasteiger partial charge < -0.3 is 5.32 Å². The average Bonchev–Trinajstić information content (AvgIpc) is 2.81. The number of hydrogen-bond acceptors (Lipinski definition) is 6. The molecule has 0 spiro atoms. The first-order chi connectivity index (χ1) is 16.2. The molecule has 0 bridgehead atoms. The van der Waals surface area contributed by atoms with Gasteiger partial charge in [0.2, 0.25) is 5.91 Å².